The van der Waals surface area contributed by atoms with Gasteiger partial charge >= 0.3 is 0 Å². The molecule has 0 aliphatic carbocycles. The molecule has 0 aromatic carbocycles. The van der Waals surface area contributed by atoms with E-state index in [4.69, 9.17) is 5.73 Å². The lowest BCUT2D eigenvalue weighted by Gasteiger charge is -2.35. The van der Waals surface area contributed by atoms with Crippen molar-refractivity contribution >= 4 is 0 Å². The number of hydrogen-bond acceptors (Lipinski definition) is 2. The molecule has 40 valence electrons. The van der Waals surface area contributed by atoms with E-state index in [0.717, 1.165) is 5.70 Å². The average Bonchev–Trinajstić information content (AvgIpc) is 1.68. The molecular formula is C5H10N2. The highest BCUT2D eigenvalue weighted by molar-refractivity contribution is 5.17. The fourth-order valence-corrected chi connectivity index (χ4v) is 0.684. The molecule has 1 heterocycles. The van der Waals surface area contributed by atoms with Crippen molar-refractivity contribution in [2.45, 2.75) is 19.0 Å². The quantitative estimate of drug-likeness (QED) is 0.441. The summed E-state index contributed by atoms with van der Waals surface area (Å²) in [5, 5.41) is 3.04. The van der Waals surface area contributed by atoms with Crippen LogP contribution in [0.2, 0.25) is 0 Å². The summed E-state index contributed by atoms with van der Waals surface area (Å²) in [5.41, 5.74) is 6.47. The lowest BCUT2D eigenvalue weighted by atomic mass is 10.00. The van der Waals surface area contributed by atoms with Crippen molar-refractivity contribution in [2.75, 3.05) is 0 Å². The van der Waals surface area contributed by atoms with Crippen molar-refractivity contribution in [3.8, 4) is 0 Å². The predicted octanol–water partition coefficient (Wildman–Crippen LogP) is -0.181. The Morgan fingerprint density at radius 2 is 2.43 bits per heavy atom. The SMILES string of the molecule is C=C1NC(C)[C@@H]1N. The molecule has 0 bridgehead atoms. The highest BCUT2D eigenvalue weighted by Crippen LogP contribution is 2.09. The fraction of sp³-hybridized carbons (Fsp3) is 0.600. The third-order valence-electron chi connectivity index (χ3n) is 1.35. The molecule has 7 heavy (non-hydrogen) atoms. The first kappa shape index (κ1) is 4.65. The van der Waals surface area contributed by atoms with Crippen molar-refractivity contribution in [1.82, 2.24) is 5.32 Å². The zero-order valence-corrected chi connectivity index (χ0v) is 4.44. The molecule has 1 aliphatic heterocycles. The summed E-state index contributed by atoms with van der Waals surface area (Å²) in [4.78, 5) is 0. The predicted molar refractivity (Wildman–Crippen MR) is 29.7 cm³/mol. The smallest absolute Gasteiger partial charge is 0.0640 e. The highest BCUT2D eigenvalue weighted by Gasteiger charge is 2.25. The first-order valence-corrected chi connectivity index (χ1v) is 2.42. The van der Waals surface area contributed by atoms with Gasteiger partial charge in [-0.05, 0) is 6.92 Å². The Balaban J connectivity index is 2.43. The van der Waals surface area contributed by atoms with E-state index >= 15 is 0 Å². The van der Waals surface area contributed by atoms with Crippen LogP contribution in [0.1, 0.15) is 6.92 Å². The molecule has 3 N–H and O–H groups in total. The van der Waals surface area contributed by atoms with Crippen molar-refractivity contribution in [2.24, 2.45) is 5.73 Å². The van der Waals surface area contributed by atoms with Crippen LogP contribution in [0.5, 0.6) is 0 Å². The lowest BCUT2D eigenvalue weighted by Crippen LogP contribution is -2.57. The van der Waals surface area contributed by atoms with Gasteiger partial charge in [0.25, 0.3) is 0 Å². The Hall–Kier alpha value is -0.500. The second-order valence-electron chi connectivity index (χ2n) is 1.98. The molecule has 0 aromatic heterocycles. The summed E-state index contributed by atoms with van der Waals surface area (Å²) in [7, 11) is 0. The molecule has 1 fully saturated rings. The Kier molecular flexibility index (Phi) is 0.820. The summed E-state index contributed by atoms with van der Waals surface area (Å²) in [6.45, 7) is 5.70. The maximum Gasteiger partial charge on any atom is 0.0640 e. The topological polar surface area (TPSA) is 38.0 Å². The summed E-state index contributed by atoms with van der Waals surface area (Å²) in [6.07, 6.45) is 0. The molecular weight excluding hydrogens is 88.1 g/mol. The second-order valence-corrected chi connectivity index (χ2v) is 1.98. The normalized spacial score (nSPS) is 39.4. The Morgan fingerprint density at radius 1 is 1.86 bits per heavy atom. The molecule has 0 radical (unpaired) electrons. The molecule has 0 aromatic rings. The van der Waals surface area contributed by atoms with Gasteiger partial charge in [-0.15, -0.1) is 0 Å². The van der Waals surface area contributed by atoms with Crippen molar-refractivity contribution in [1.29, 1.82) is 0 Å². The average molecular weight is 98.1 g/mol. The van der Waals surface area contributed by atoms with Gasteiger partial charge in [-0.2, -0.15) is 0 Å². The van der Waals surface area contributed by atoms with Gasteiger partial charge in [0.1, 0.15) is 0 Å². The Bertz CT molecular complexity index is 98.3. The molecule has 2 atom stereocenters. The van der Waals surface area contributed by atoms with E-state index in [9.17, 15) is 0 Å². The number of rotatable bonds is 0. The molecule has 0 amide bonds. The number of hydrogen-bond donors (Lipinski definition) is 2. The molecule has 1 rings (SSSR count). The summed E-state index contributed by atoms with van der Waals surface area (Å²) in [6, 6.07) is 0.632. The van der Waals surface area contributed by atoms with Gasteiger partial charge in [-0.1, -0.05) is 6.58 Å². The van der Waals surface area contributed by atoms with E-state index in [1.54, 1.807) is 0 Å². The van der Waals surface area contributed by atoms with Gasteiger partial charge in [-0.25, -0.2) is 0 Å². The van der Waals surface area contributed by atoms with Gasteiger partial charge in [0.15, 0.2) is 0 Å². The van der Waals surface area contributed by atoms with E-state index in [0.29, 0.717) is 6.04 Å². The highest BCUT2D eigenvalue weighted by atomic mass is 15.1. The van der Waals surface area contributed by atoms with Gasteiger partial charge < -0.3 is 11.1 Å². The van der Waals surface area contributed by atoms with Gasteiger partial charge in [-0.3, -0.25) is 0 Å². The fourth-order valence-electron chi connectivity index (χ4n) is 0.684. The second kappa shape index (κ2) is 1.23. The van der Waals surface area contributed by atoms with Crippen LogP contribution in [0, 0.1) is 0 Å². The molecule has 1 aliphatic rings. The van der Waals surface area contributed by atoms with Crippen LogP contribution in [0.15, 0.2) is 12.3 Å². The molecule has 1 unspecified atom stereocenters. The van der Waals surface area contributed by atoms with Gasteiger partial charge in [0.2, 0.25) is 0 Å². The monoisotopic (exact) mass is 98.1 g/mol. The molecule has 2 heteroatoms. The molecule has 0 spiro atoms. The van der Waals surface area contributed by atoms with E-state index in [-0.39, 0.29) is 6.04 Å². The van der Waals surface area contributed by atoms with Gasteiger partial charge in [0.05, 0.1) is 6.04 Å². The lowest BCUT2D eigenvalue weighted by molar-refractivity contribution is 0.415. The Morgan fingerprint density at radius 3 is 2.43 bits per heavy atom. The third kappa shape index (κ3) is 0.509. The minimum atomic E-state index is 0.194. The van der Waals surface area contributed by atoms with E-state index in [2.05, 4.69) is 11.9 Å². The Labute approximate surface area is 43.4 Å². The van der Waals surface area contributed by atoms with E-state index in [1.165, 1.54) is 0 Å². The van der Waals surface area contributed by atoms with Crippen molar-refractivity contribution in [3.05, 3.63) is 12.3 Å². The van der Waals surface area contributed by atoms with Crippen LogP contribution in [-0.2, 0) is 0 Å². The van der Waals surface area contributed by atoms with E-state index < -0.39 is 0 Å². The molecule has 2 nitrogen and oxygen atoms in total. The maximum absolute atomic E-state index is 5.50. The largest absolute Gasteiger partial charge is 0.383 e. The standard InChI is InChI=1S/C5H10N2/c1-3-5(6)4(2)7-3/h4-5,7H,1,6H2,2H3/t4?,5-/m1/s1. The van der Waals surface area contributed by atoms with Crippen LogP contribution < -0.4 is 11.1 Å². The summed E-state index contributed by atoms with van der Waals surface area (Å²) < 4.78 is 0. The minimum absolute atomic E-state index is 0.194. The van der Waals surface area contributed by atoms with Crippen LogP contribution in [0.25, 0.3) is 0 Å². The van der Waals surface area contributed by atoms with Crippen LogP contribution in [-0.4, -0.2) is 12.1 Å². The van der Waals surface area contributed by atoms with E-state index in [1.807, 2.05) is 6.92 Å². The van der Waals surface area contributed by atoms with Crippen LogP contribution in [0.3, 0.4) is 0 Å². The summed E-state index contributed by atoms with van der Waals surface area (Å²) in [5.74, 6) is 0. The zero-order valence-electron chi connectivity index (χ0n) is 4.44. The van der Waals surface area contributed by atoms with Crippen molar-refractivity contribution < 1.29 is 0 Å². The van der Waals surface area contributed by atoms with Crippen LogP contribution >= 0.6 is 0 Å². The first-order chi connectivity index (χ1) is 3.22. The molecule has 1 saturated heterocycles. The van der Waals surface area contributed by atoms with Gasteiger partial charge in [0, 0.05) is 11.7 Å². The number of nitrogens with two attached hydrogens (primary N) is 1. The maximum atomic E-state index is 5.50. The molecule has 0 saturated carbocycles. The first-order valence-electron chi connectivity index (χ1n) is 2.42. The number of nitrogens with one attached hydrogen (secondary N) is 1. The zero-order chi connectivity index (χ0) is 5.44. The minimum Gasteiger partial charge on any atom is -0.383 e. The third-order valence-corrected chi connectivity index (χ3v) is 1.35. The van der Waals surface area contributed by atoms with Crippen LogP contribution in [0.4, 0.5) is 0 Å². The van der Waals surface area contributed by atoms with Crippen molar-refractivity contribution in [3.63, 3.8) is 0 Å². The summed E-state index contributed by atoms with van der Waals surface area (Å²) >= 11 is 0.